The van der Waals surface area contributed by atoms with Crippen molar-refractivity contribution >= 4 is 18.0 Å². The maximum absolute atomic E-state index is 11.4. The summed E-state index contributed by atoms with van der Waals surface area (Å²) in [6.07, 6.45) is 1.42. The Bertz CT molecular complexity index is 459. The van der Waals surface area contributed by atoms with E-state index in [0.717, 1.165) is 0 Å². The van der Waals surface area contributed by atoms with E-state index in [1.165, 1.54) is 20.1 Å². The molecule has 18 heavy (non-hydrogen) atoms. The lowest BCUT2D eigenvalue weighted by molar-refractivity contribution is -0.148. The average molecular weight is 250 g/mol. The molecule has 5 nitrogen and oxygen atoms in total. The van der Waals surface area contributed by atoms with Crippen LogP contribution in [0.25, 0.3) is 6.08 Å². The summed E-state index contributed by atoms with van der Waals surface area (Å²) >= 11 is 0. The molecule has 0 saturated heterocycles. The van der Waals surface area contributed by atoms with E-state index in [9.17, 15) is 9.59 Å². The highest BCUT2D eigenvalue weighted by Gasteiger charge is 2.13. The molecule has 0 amide bonds. The summed E-state index contributed by atoms with van der Waals surface area (Å²) in [7, 11) is 2.78. The van der Waals surface area contributed by atoms with Crippen molar-refractivity contribution < 1.29 is 23.8 Å². The Labute approximate surface area is 105 Å². The quantitative estimate of drug-likeness (QED) is 0.463. The summed E-state index contributed by atoms with van der Waals surface area (Å²) < 4.78 is 14.3. The van der Waals surface area contributed by atoms with Crippen LogP contribution in [0.3, 0.4) is 0 Å². The monoisotopic (exact) mass is 250 g/mol. The molecule has 0 aliphatic heterocycles. The van der Waals surface area contributed by atoms with Crippen LogP contribution in [-0.2, 0) is 19.1 Å². The Morgan fingerprint density at radius 2 is 1.72 bits per heavy atom. The number of carbonyl (C=O) groups excluding carboxylic acids is 2. The standard InChI is InChI=1S/C13H14O5/c1-9(14)18-12(13(15)17-3)8-10-4-6-11(16-2)7-5-10/h4-8H,1-3H3/b12-8+. The highest BCUT2D eigenvalue weighted by atomic mass is 16.6. The van der Waals surface area contributed by atoms with Crippen molar-refractivity contribution in [3.63, 3.8) is 0 Å². The van der Waals surface area contributed by atoms with E-state index in [4.69, 9.17) is 9.47 Å². The Hall–Kier alpha value is -2.30. The van der Waals surface area contributed by atoms with Crippen molar-refractivity contribution in [2.24, 2.45) is 0 Å². The molecule has 0 atom stereocenters. The zero-order valence-corrected chi connectivity index (χ0v) is 10.4. The Kier molecular flexibility index (Phi) is 4.92. The number of hydrogen-bond donors (Lipinski definition) is 0. The van der Waals surface area contributed by atoms with Gasteiger partial charge in [0.1, 0.15) is 5.75 Å². The van der Waals surface area contributed by atoms with E-state index in [0.29, 0.717) is 11.3 Å². The Morgan fingerprint density at radius 1 is 1.11 bits per heavy atom. The number of methoxy groups -OCH3 is 2. The first kappa shape index (κ1) is 13.8. The molecule has 0 radical (unpaired) electrons. The van der Waals surface area contributed by atoms with Gasteiger partial charge in [0, 0.05) is 6.92 Å². The Morgan fingerprint density at radius 3 is 2.17 bits per heavy atom. The zero-order valence-electron chi connectivity index (χ0n) is 10.4. The van der Waals surface area contributed by atoms with Gasteiger partial charge >= 0.3 is 11.9 Å². The van der Waals surface area contributed by atoms with Gasteiger partial charge in [-0.25, -0.2) is 4.79 Å². The lowest BCUT2D eigenvalue weighted by atomic mass is 10.2. The minimum Gasteiger partial charge on any atom is -0.497 e. The molecule has 0 aromatic heterocycles. The predicted molar refractivity (Wildman–Crippen MR) is 64.8 cm³/mol. The van der Waals surface area contributed by atoms with Crippen LogP contribution in [-0.4, -0.2) is 26.2 Å². The molecule has 96 valence electrons. The summed E-state index contributed by atoms with van der Waals surface area (Å²) in [6, 6.07) is 6.92. The van der Waals surface area contributed by atoms with E-state index >= 15 is 0 Å². The highest BCUT2D eigenvalue weighted by molar-refractivity contribution is 5.93. The van der Waals surface area contributed by atoms with Crippen molar-refractivity contribution in [2.75, 3.05) is 14.2 Å². The van der Waals surface area contributed by atoms with Gasteiger partial charge in [0.25, 0.3) is 0 Å². The van der Waals surface area contributed by atoms with Crippen molar-refractivity contribution in [3.8, 4) is 5.75 Å². The first-order chi connectivity index (χ1) is 8.56. The number of benzene rings is 1. The molecular formula is C13H14O5. The van der Waals surface area contributed by atoms with Crippen LogP contribution in [0.2, 0.25) is 0 Å². The van der Waals surface area contributed by atoms with Crippen molar-refractivity contribution in [2.45, 2.75) is 6.92 Å². The molecule has 5 heteroatoms. The van der Waals surface area contributed by atoms with E-state index in [1.807, 2.05) is 0 Å². The maximum Gasteiger partial charge on any atom is 0.374 e. The summed E-state index contributed by atoms with van der Waals surface area (Å²) in [4.78, 5) is 22.3. The molecule has 0 aliphatic rings. The second-order valence-electron chi connectivity index (χ2n) is 3.37. The molecule has 1 rings (SSSR count). The van der Waals surface area contributed by atoms with Gasteiger partial charge < -0.3 is 14.2 Å². The molecule has 0 spiro atoms. The first-order valence-corrected chi connectivity index (χ1v) is 5.19. The van der Waals surface area contributed by atoms with Crippen molar-refractivity contribution in [1.29, 1.82) is 0 Å². The second kappa shape index (κ2) is 6.44. The minimum atomic E-state index is -0.707. The number of carbonyl (C=O) groups is 2. The van der Waals surface area contributed by atoms with E-state index in [-0.39, 0.29) is 5.76 Å². The van der Waals surface area contributed by atoms with Gasteiger partial charge in [0.15, 0.2) is 0 Å². The summed E-state index contributed by atoms with van der Waals surface area (Å²) in [5, 5.41) is 0. The fraction of sp³-hybridized carbons (Fsp3) is 0.231. The molecule has 1 aromatic carbocycles. The number of rotatable bonds is 4. The van der Waals surface area contributed by atoms with E-state index in [1.54, 1.807) is 31.4 Å². The van der Waals surface area contributed by atoms with Crippen LogP contribution in [0.1, 0.15) is 12.5 Å². The average Bonchev–Trinajstić information content (AvgIpc) is 2.37. The van der Waals surface area contributed by atoms with Gasteiger partial charge in [0.05, 0.1) is 14.2 Å². The van der Waals surface area contributed by atoms with Gasteiger partial charge in [-0.2, -0.15) is 0 Å². The molecule has 0 unspecified atom stereocenters. The van der Waals surface area contributed by atoms with Crippen molar-refractivity contribution in [1.82, 2.24) is 0 Å². The molecule has 0 N–H and O–H groups in total. The van der Waals surface area contributed by atoms with Crippen LogP contribution in [0.4, 0.5) is 0 Å². The minimum absolute atomic E-state index is 0.157. The lowest BCUT2D eigenvalue weighted by Gasteiger charge is -2.05. The summed E-state index contributed by atoms with van der Waals surface area (Å²) in [5.41, 5.74) is 0.692. The smallest absolute Gasteiger partial charge is 0.374 e. The lowest BCUT2D eigenvalue weighted by Crippen LogP contribution is -2.10. The molecule has 0 fully saturated rings. The third-order valence-electron chi connectivity index (χ3n) is 2.05. The fourth-order valence-corrected chi connectivity index (χ4v) is 1.24. The van der Waals surface area contributed by atoms with Crippen LogP contribution in [0.5, 0.6) is 5.75 Å². The second-order valence-corrected chi connectivity index (χ2v) is 3.37. The van der Waals surface area contributed by atoms with Crippen LogP contribution in [0, 0.1) is 0 Å². The maximum atomic E-state index is 11.4. The summed E-state index contributed by atoms with van der Waals surface area (Å²) in [5.74, 6) is -0.754. The molecular weight excluding hydrogens is 236 g/mol. The Balaban J connectivity index is 2.98. The van der Waals surface area contributed by atoms with Crippen LogP contribution < -0.4 is 4.74 Å². The third-order valence-corrected chi connectivity index (χ3v) is 2.05. The van der Waals surface area contributed by atoms with Gasteiger partial charge in [-0.3, -0.25) is 4.79 Å². The van der Waals surface area contributed by atoms with E-state index in [2.05, 4.69) is 4.74 Å². The van der Waals surface area contributed by atoms with Gasteiger partial charge in [-0.1, -0.05) is 12.1 Å². The number of esters is 2. The molecule has 0 saturated carbocycles. The molecule has 1 aromatic rings. The normalized spacial score (nSPS) is 10.7. The molecule has 0 bridgehead atoms. The fourth-order valence-electron chi connectivity index (χ4n) is 1.24. The third kappa shape index (κ3) is 3.93. The topological polar surface area (TPSA) is 61.8 Å². The SMILES string of the molecule is COC(=O)/C(=C\c1ccc(OC)cc1)OC(C)=O. The number of ether oxygens (including phenoxy) is 3. The van der Waals surface area contributed by atoms with Crippen LogP contribution >= 0.6 is 0 Å². The van der Waals surface area contributed by atoms with Gasteiger partial charge in [0.2, 0.25) is 5.76 Å². The largest absolute Gasteiger partial charge is 0.497 e. The van der Waals surface area contributed by atoms with Gasteiger partial charge in [-0.15, -0.1) is 0 Å². The first-order valence-electron chi connectivity index (χ1n) is 5.19. The molecule has 0 heterocycles. The highest BCUT2D eigenvalue weighted by Crippen LogP contribution is 2.15. The van der Waals surface area contributed by atoms with Gasteiger partial charge in [-0.05, 0) is 23.8 Å². The van der Waals surface area contributed by atoms with Crippen molar-refractivity contribution in [3.05, 3.63) is 35.6 Å². The molecule has 0 aliphatic carbocycles. The number of hydrogen-bond acceptors (Lipinski definition) is 5. The van der Waals surface area contributed by atoms with Crippen LogP contribution in [0.15, 0.2) is 30.0 Å². The zero-order chi connectivity index (χ0) is 13.5. The summed E-state index contributed by atoms with van der Waals surface area (Å²) in [6.45, 7) is 1.21. The van der Waals surface area contributed by atoms with E-state index < -0.39 is 11.9 Å². The predicted octanol–water partition coefficient (Wildman–Crippen LogP) is 1.77.